The maximum Gasteiger partial charge on any atom is 0.337 e. The van der Waals surface area contributed by atoms with Crippen LogP contribution in [0.15, 0.2) is 18.2 Å². The van der Waals surface area contributed by atoms with Crippen molar-refractivity contribution in [3.05, 3.63) is 29.6 Å². The number of aromatic carboxylic acids is 1. The number of rotatable bonds is 2. The van der Waals surface area contributed by atoms with Gasteiger partial charge in [0.25, 0.3) is 0 Å². The fourth-order valence-electron chi connectivity index (χ4n) is 2.12. The maximum atomic E-state index is 13.0. The molecule has 1 aromatic carbocycles. The number of carboxylic acids is 1. The van der Waals surface area contributed by atoms with E-state index in [1.54, 1.807) is 6.92 Å². The average molecular weight is 282 g/mol. The number of nitrogens with zero attached hydrogens (tertiary/aromatic N) is 1. The molecule has 1 aromatic rings. The van der Waals surface area contributed by atoms with Crippen LogP contribution in [-0.4, -0.2) is 45.8 Å². The summed E-state index contributed by atoms with van der Waals surface area (Å²) in [5.41, 5.74) is -1.23. The van der Waals surface area contributed by atoms with Crippen molar-refractivity contribution in [3.63, 3.8) is 0 Å². The quantitative estimate of drug-likeness (QED) is 0.767. The summed E-state index contributed by atoms with van der Waals surface area (Å²) in [4.78, 5) is 24.4. The van der Waals surface area contributed by atoms with Crippen molar-refractivity contribution >= 4 is 17.7 Å². The summed E-state index contributed by atoms with van der Waals surface area (Å²) in [5, 5.41) is 21.2. The lowest BCUT2D eigenvalue weighted by atomic mass is 10.1. The number of carbonyl (C=O) groups excluding carboxylic acids is 1. The van der Waals surface area contributed by atoms with Crippen LogP contribution < -0.4 is 5.32 Å². The fourth-order valence-corrected chi connectivity index (χ4v) is 2.12. The predicted molar refractivity (Wildman–Crippen MR) is 69.2 cm³/mol. The normalized spacial score (nSPS) is 21.9. The lowest BCUT2D eigenvalue weighted by Gasteiger charge is -2.20. The molecule has 20 heavy (non-hydrogen) atoms. The molecule has 1 atom stereocenters. The van der Waals surface area contributed by atoms with Gasteiger partial charge in [-0.25, -0.2) is 14.0 Å². The van der Waals surface area contributed by atoms with Crippen molar-refractivity contribution in [1.29, 1.82) is 0 Å². The van der Waals surface area contributed by atoms with E-state index in [1.165, 1.54) is 11.0 Å². The second-order valence-corrected chi connectivity index (χ2v) is 5.09. The Morgan fingerprint density at radius 3 is 2.70 bits per heavy atom. The van der Waals surface area contributed by atoms with Gasteiger partial charge in [-0.1, -0.05) is 0 Å². The SMILES string of the molecule is CC1(O)CCN(C(=O)Nc2ccc(F)cc2C(=O)O)C1. The number of likely N-dealkylation sites (tertiary alicyclic amines) is 1. The Balaban J connectivity index is 2.14. The lowest BCUT2D eigenvalue weighted by Crippen LogP contribution is -2.37. The third-order valence-electron chi connectivity index (χ3n) is 3.19. The second kappa shape index (κ2) is 5.09. The Morgan fingerprint density at radius 2 is 2.15 bits per heavy atom. The van der Waals surface area contributed by atoms with Crippen LogP contribution >= 0.6 is 0 Å². The minimum atomic E-state index is -1.33. The average Bonchev–Trinajstić information content (AvgIpc) is 2.71. The van der Waals surface area contributed by atoms with Crippen molar-refractivity contribution in [2.24, 2.45) is 0 Å². The number of amides is 2. The summed E-state index contributed by atoms with van der Waals surface area (Å²) in [6, 6.07) is 2.60. The highest BCUT2D eigenvalue weighted by atomic mass is 19.1. The number of halogens is 1. The van der Waals surface area contributed by atoms with Crippen molar-refractivity contribution in [1.82, 2.24) is 4.90 Å². The van der Waals surface area contributed by atoms with E-state index in [0.717, 1.165) is 12.1 Å². The van der Waals surface area contributed by atoms with E-state index in [9.17, 15) is 19.1 Å². The molecule has 0 bridgehead atoms. The Kier molecular flexibility index (Phi) is 3.63. The van der Waals surface area contributed by atoms with Gasteiger partial charge in [-0.3, -0.25) is 0 Å². The molecule has 1 heterocycles. The molecule has 0 saturated carbocycles. The highest BCUT2D eigenvalue weighted by Gasteiger charge is 2.34. The molecule has 1 fully saturated rings. The zero-order valence-electron chi connectivity index (χ0n) is 10.9. The smallest absolute Gasteiger partial charge is 0.337 e. The van der Waals surface area contributed by atoms with E-state index >= 15 is 0 Å². The van der Waals surface area contributed by atoms with Crippen LogP contribution in [0.5, 0.6) is 0 Å². The molecule has 0 spiro atoms. The van der Waals surface area contributed by atoms with Gasteiger partial charge in [0.2, 0.25) is 0 Å². The number of nitrogens with one attached hydrogen (secondary N) is 1. The number of β-amino-alcohol motifs (C(OH)–C–C–N with tert-alkyl or cyclic N) is 1. The van der Waals surface area contributed by atoms with Gasteiger partial charge in [0, 0.05) is 6.54 Å². The Labute approximate surface area is 114 Å². The summed E-state index contributed by atoms with van der Waals surface area (Å²) in [5.74, 6) is -2.02. The van der Waals surface area contributed by atoms with E-state index in [4.69, 9.17) is 5.11 Å². The zero-order chi connectivity index (χ0) is 14.9. The van der Waals surface area contributed by atoms with Crippen molar-refractivity contribution in [3.8, 4) is 0 Å². The van der Waals surface area contributed by atoms with E-state index in [-0.39, 0.29) is 17.8 Å². The third-order valence-corrected chi connectivity index (χ3v) is 3.19. The number of benzene rings is 1. The first kappa shape index (κ1) is 14.3. The number of aliphatic hydroxyl groups is 1. The number of carboxylic acid groups (broad SMARTS) is 1. The number of hydrogen-bond donors (Lipinski definition) is 3. The first-order chi connectivity index (χ1) is 9.28. The lowest BCUT2D eigenvalue weighted by molar-refractivity contribution is 0.0695. The number of urea groups is 1. The van der Waals surface area contributed by atoms with Gasteiger partial charge in [-0.2, -0.15) is 0 Å². The van der Waals surface area contributed by atoms with Gasteiger partial charge in [-0.05, 0) is 31.5 Å². The van der Waals surface area contributed by atoms with E-state index < -0.39 is 23.4 Å². The first-order valence-electron chi connectivity index (χ1n) is 6.10. The van der Waals surface area contributed by atoms with E-state index in [2.05, 4.69) is 5.32 Å². The van der Waals surface area contributed by atoms with Gasteiger partial charge < -0.3 is 20.4 Å². The summed E-state index contributed by atoms with van der Waals surface area (Å²) >= 11 is 0. The minimum Gasteiger partial charge on any atom is -0.478 e. The van der Waals surface area contributed by atoms with Crippen molar-refractivity contribution < 1.29 is 24.2 Å². The van der Waals surface area contributed by atoms with Crippen LogP contribution in [-0.2, 0) is 0 Å². The van der Waals surface area contributed by atoms with Gasteiger partial charge in [0.05, 0.1) is 23.4 Å². The van der Waals surface area contributed by atoms with Crippen molar-refractivity contribution in [2.75, 3.05) is 18.4 Å². The van der Waals surface area contributed by atoms with Crippen LogP contribution in [0.4, 0.5) is 14.9 Å². The largest absolute Gasteiger partial charge is 0.478 e. The molecule has 6 nitrogen and oxygen atoms in total. The molecule has 7 heteroatoms. The number of carbonyl (C=O) groups is 2. The molecule has 1 saturated heterocycles. The van der Waals surface area contributed by atoms with Gasteiger partial charge in [-0.15, -0.1) is 0 Å². The van der Waals surface area contributed by atoms with Crippen LogP contribution in [0.3, 0.4) is 0 Å². The molecular formula is C13H15FN2O4. The molecule has 1 unspecified atom stereocenters. The van der Waals surface area contributed by atoms with Crippen LogP contribution in [0.1, 0.15) is 23.7 Å². The Morgan fingerprint density at radius 1 is 1.45 bits per heavy atom. The predicted octanol–water partition coefficient (Wildman–Crippen LogP) is 1.51. The molecule has 3 N–H and O–H groups in total. The second-order valence-electron chi connectivity index (χ2n) is 5.09. The van der Waals surface area contributed by atoms with Gasteiger partial charge in [0.1, 0.15) is 5.82 Å². The van der Waals surface area contributed by atoms with Gasteiger partial charge >= 0.3 is 12.0 Å². The number of hydrogen-bond acceptors (Lipinski definition) is 3. The standard InChI is InChI=1S/C13H15FN2O4/c1-13(20)4-5-16(7-13)12(19)15-10-3-2-8(14)6-9(10)11(17)18/h2-3,6,20H,4-5,7H2,1H3,(H,15,19)(H,17,18). The maximum absolute atomic E-state index is 13.0. The van der Waals surface area contributed by atoms with Crippen molar-refractivity contribution in [2.45, 2.75) is 18.9 Å². The molecule has 108 valence electrons. The summed E-state index contributed by atoms with van der Waals surface area (Å²) in [6.45, 7) is 2.17. The monoisotopic (exact) mass is 282 g/mol. The Hall–Kier alpha value is -2.15. The van der Waals surface area contributed by atoms with Crippen LogP contribution in [0.25, 0.3) is 0 Å². The molecule has 0 aliphatic carbocycles. The molecule has 1 aliphatic rings. The van der Waals surface area contributed by atoms with Crippen LogP contribution in [0.2, 0.25) is 0 Å². The first-order valence-corrected chi connectivity index (χ1v) is 6.10. The fraction of sp³-hybridized carbons (Fsp3) is 0.385. The minimum absolute atomic E-state index is 0.0236. The molecule has 0 radical (unpaired) electrons. The topological polar surface area (TPSA) is 89.9 Å². The third kappa shape index (κ3) is 3.05. The highest BCUT2D eigenvalue weighted by molar-refractivity contribution is 6.00. The van der Waals surface area contributed by atoms with E-state index in [0.29, 0.717) is 13.0 Å². The summed E-state index contributed by atoms with van der Waals surface area (Å²) < 4.78 is 13.0. The molecule has 2 amide bonds. The summed E-state index contributed by atoms with van der Waals surface area (Å²) in [6.07, 6.45) is 0.454. The Bertz CT molecular complexity index is 559. The summed E-state index contributed by atoms with van der Waals surface area (Å²) in [7, 11) is 0. The molecular weight excluding hydrogens is 267 g/mol. The molecule has 2 rings (SSSR count). The van der Waals surface area contributed by atoms with E-state index in [1.807, 2.05) is 0 Å². The zero-order valence-corrected chi connectivity index (χ0v) is 10.9. The van der Waals surface area contributed by atoms with Gasteiger partial charge in [0.15, 0.2) is 0 Å². The highest BCUT2D eigenvalue weighted by Crippen LogP contribution is 2.22. The van der Waals surface area contributed by atoms with Crippen LogP contribution in [0, 0.1) is 5.82 Å². The molecule has 0 aromatic heterocycles. The number of anilines is 1. The molecule has 1 aliphatic heterocycles.